The van der Waals surface area contributed by atoms with Crippen molar-refractivity contribution in [1.29, 1.82) is 0 Å². The largest absolute Gasteiger partial charge is 0.467 e. The van der Waals surface area contributed by atoms with Gasteiger partial charge in [-0.3, -0.25) is 14.1 Å². The van der Waals surface area contributed by atoms with Crippen LogP contribution < -0.4 is 4.90 Å². The first-order valence-corrected chi connectivity index (χ1v) is 8.36. The lowest BCUT2D eigenvalue weighted by Crippen LogP contribution is -2.45. The molecule has 0 saturated carbocycles. The summed E-state index contributed by atoms with van der Waals surface area (Å²) in [7, 11) is 1.33. The molecule has 0 aliphatic rings. The molecule has 0 radical (unpaired) electrons. The first-order valence-electron chi connectivity index (χ1n) is 7.54. The third-order valence-electron chi connectivity index (χ3n) is 3.73. The lowest BCUT2D eigenvalue weighted by atomic mass is 10.1. The van der Waals surface area contributed by atoms with Gasteiger partial charge in [0.2, 0.25) is 0 Å². The fraction of sp³-hybridized carbons (Fsp3) is 0.235. The number of carbonyl (C=O) groups excluding carboxylic acids is 2. The van der Waals surface area contributed by atoms with Gasteiger partial charge in [-0.05, 0) is 18.6 Å². The Hall–Kier alpha value is -2.67. The molecule has 6 nitrogen and oxygen atoms in total. The number of carbonyl (C=O) groups is 2. The zero-order valence-corrected chi connectivity index (χ0v) is 14.2. The van der Waals surface area contributed by atoms with E-state index < -0.39 is 12.0 Å². The number of amides is 1. The van der Waals surface area contributed by atoms with Crippen molar-refractivity contribution >= 4 is 33.9 Å². The monoisotopic (exact) mass is 343 g/mol. The standard InChI is InChI=1S/C17H17N3O3S/c1-3-13(16(22)23-2)20(12-7-5-4-6-8-12)15(21)14-11-19-10-9-18-17(19)24-14/h4-11,13H,3H2,1-2H3. The van der Waals surface area contributed by atoms with Crippen LogP contribution >= 0.6 is 11.3 Å². The molecule has 0 aliphatic carbocycles. The molecule has 24 heavy (non-hydrogen) atoms. The molecular weight excluding hydrogens is 326 g/mol. The molecule has 1 unspecified atom stereocenters. The Morgan fingerprint density at radius 3 is 2.71 bits per heavy atom. The first kappa shape index (κ1) is 16.2. The zero-order chi connectivity index (χ0) is 17.1. The summed E-state index contributed by atoms with van der Waals surface area (Å²) in [5, 5.41) is 0. The average Bonchev–Trinajstić information content (AvgIpc) is 3.21. The maximum Gasteiger partial charge on any atom is 0.328 e. The van der Waals surface area contributed by atoms with Crippen molar-refractivity contribution in [3.05, 3.63) is 53.8 Å². The molecule has 2 heterocycles. The maximum atomic E-state index is 13.1. The van der Waals surface area contributed by atoms with Crippen molar-refractivity contribution < 1.29 is 14.3 Å². The van der Waals surface area contributed by atoms with Crippen LogP contribution in [0.4, 0.5) is 5.69 Å². The molecule has 0 fully saturated rings. The Bertz CT molecular complexity index is 828. The highest BCUT2D eigenvalue weighted by Crippen LogP contribution is 2.25. The predicted molar refractivity (Wildman–Crippen MR) is 92.4 cm³/mol. The second kappa shape index (κ2) is 6.84. The number of rotatable bonds is 5. The number of aromatic nitrogens is 2. The van der Waals surface area contributed by atoms with Gasteiger partial charge in [-0.15, -0.1) is 0 Å². The van der Waals surface area contributed by atoms with Gasteiger partial charge in [-0.1, -0.05) is 36.5 Å². The molecular formula is C17H17N3O3S. The van der Waals surface area contributed by atoms with E-state index in [9.17, 15) is 9.59 Å². The molecule has 3 rings (SSSR count). The molecule has 7 heteroatoms. The SMILES string of the molecule is CCC(C(=O)OC)N(C(=O)c1cn2ccnc2s1)c1ccccc1. The molecule has 0 saturated heterocycles. The average molecular weight is 343 g/mol. The Kier molecular flexibility index (Phi) is 4.61. The molecule has 1 amide bonds. The van der Waals surface area contributed by atoms with Gasteiger partial charge in [0.05, 0.1) is 7.11 Å². The highest BCUT2D eigenvalue weighted by molar-refractivity contribution is 7.19. The summed E-state index contributed by atoms with van der Waals surface area (Å²) < 4.78 is 6.68. The van der Waals surface area contributed by atoms with Crippen LogP contribution in [0, 0.1) is 0 Å². The van der Waals surface area contributed by atoms with E-state index in [1.54, 1.807) is 23.0 Å². The number of benzene rings is 1. The van der Waals surface area contributed by atoms with Gasteiger partial charge in [0.25, 0.3) is 5.91 Å². The van der Waals surface area contributed by atoms with E-state index in [2.05, 4.69) is 4.98 Å². The third kappa shape index (κ3) is 2.90. The number of nitrogens with zero attached hydrogens (tertiary/aromatic N) is 3. The fourth-order valence-electron chi connectivity index (χ4n) is 2.56. The van der Waals surface area contributed by atoms with Crippen LogP contribution in [0.25, 0.3) is 4.96 Å². The van der Waals surface area contributed by atoms with Crippen molar-refractivity contribution in [1.82, 2.24) is 9.38 Å². The highest BCUT2D eigenvalue weighted by Gasteiger charge is 2.32. The van der Waals surface area contributed by atoms with Crippen LogP contribution in [-0.4, -0.2) is 34.4 Å². The van der Waals surface area contributed by atoms with E-state index >= 15 is 0 Å². The number of thiazole rings is 1. The van der Waals surface area contributed by atoms with Gasteiger partial charge < -0.3 is 4.74 Å². The summed E-state index contributed by atoms with van der Waals surface area (Å²) in [6.07, 6.45) is 5.65. The summed E-state index contributed by atoms with van der Waals surface area (Å²) in [5.74, 6) is -0.676. The Labute approximate surface area is 143 Å². The Balaban J connectivity index is 2.04. The number of hydrogen-bond donors (Lipinski definition) is 0. The zero-order valence-electron chi connectivity index (χ0n) is 13.4. The minimum absolute atomic E-state index is 0.242. The van der Waals surface area contributed by atoms with Crippen molar-refractivity contribution in [2.24, 2.45) is 0 Å². The van der Waals surface area contributed by atoms with Crippen molar-refractivity contribution in [2.75, 3.05) is 12.0 Å². The van der Waals surface area contributed by atoms with Crippen molar-refractivity contribution in [2.45, 2.75) is 19.4 Å². The summed E-state index contributed by atoms with van der Waals surface area (Å²) in [5.41, 5.74) is 0.658. The fourth-order valence-corrected chi connectivity index (χ4v) is 3.44. The number of esters is 1. The second-order valence-electron chi connectivity index (χ2n) is 5.17. The van der Waals surface area contributed by atoms with Gasteiger partial charge in [-0.2, -0.15) is 0 Å². The molecule has 3 aromatic rings. The molecule has 0 spiro atoms. The molecule has 1 aromatic carbocycles. The number of hydrogen-bond acceptors (Lipinski definition) is 5. The van der Waals surface area contributed by atoms with Crippen LogP contribution in [0.15, 0.2) is 48.9 Å². The minimum atomic E-state index is -0.681. The van der Waals surface area contributed by atoms with E-state index in [0.717, 1.165) is 4.96 Å². The summed E-state index contributed by atoms with van der Waals surface area (Å²) in [6, 6.07) is 8.47. The lowest BCUT2D eigenvalue weighted by Gasteiger charge is -2.28. The number of imidazole rings is 1. The Morgan fingerprint density at radius 2 is 2.08 bits per heavy atom. The smallest absolute Gasteiger partial charge is 0.328 e. The minimum Gasteiger partial charge on any atom is -0.467 e. The molecule has 124 valence electrons. The van der Waals surface area contributed by atoms with Gasteiger partial charge >= 0.3 is 5.97 Å². The molecule has 0 bridgehead atoms. The van der Waals surface area contributed by atoms with Crippen molar-refractivity contribution in [3.63, 3.8) is 0 Å². The molecule has 1 atom stereocenters. The molecule has 0 aliphatic heterocycles. The number of anilines is 1. The van der Waals surface area contributed by atoms with Gasteiger partial charge in [-0.25, -0.2) is 9.78 Å². The van der Waals surface area contributed by atoms with E-state index in [-0.39, 0.29) is 5.91 Å². The van der Waals surface area contributed by atoms with E-state index in [0.29, 0.717) is 17.0 Å². The summed E-state index contributed by atoms with van der Waals surface area (Å²) in [4.78, 5) is 32.2. The topological polar surface area (TPSA) is 63.9 Å². The Morgan fingerprint density at radius 1 is 1.33 bits per heavy atom. The van der Waals surface area contributed by atoms with Crippen LogP contribution in [0.1, 0.15) is 23.0 Å². The normalized spacial score (nSPS) is 12.1. The van der Waals surface area contributed by atoms with Gasteiger partial charge in [0.1, 0.15) is 10.9 Å². The lowest BCUT2D eigenvalue weighted by molar-refractivity contribution is -0.142. The number of methoxy groups -OCH3 is 1. The number of fused-ring (bicyclic) bond motifs is 1. The first-order chi connectivity index (χ1) is 11.7. The van der Waals surface area contributed by atoms with E-state index in [4.69, 9.17) is 4.74 Å². The van der Waals surface area contributed by atoms with Gasteiger partial charge in [0.15, 0.2) is 4.96 Å². The summed E-state index contributed by atoms with van der Waals surface area (Å²) >= 11 is 1.29. The summed E-state index contributed by atoms with van der Waals surface area (Å²) in [6.45, 7) is 1.85. The van der Waals surface area contributed by atoms with Gasteiger partial charge in [0, 0.05) is 24.3 Å². The molecule has 2 aromatic heterocycles. The van der Waals surface area contributed by atoms with E-state index in [1.807, 2.05) is 37.3 Å². The quantitative estimate of drug-likeness (QED) is 0.668. The van der Waals surface area contributed by atoms with Crippen LogP contribution in [0.2, 0.25) is 0 Å². The predicted octanol–water partition coefficient (Wildman–Crippen LogP) is 2.99. The van der Waals surface area contributed by atoms with Crippen LogP contribution in [0.5, 0.6) is 0 Å². The number of para-hydroxylation sites is 1. The number of ether oxygens (including phenoxy) is 1. The second-order valence-corrected chi connectivity index (χ2v) is 6.18. The third-order valence-corrected chi connectivity index (χ3v) is 4.73. The molecule has 0 N–H and O–H groups in total. The maximum absolute atomic E-state index is 13.1. The van der Waals surface area contributed by atoms with Crippen molar-refractivity contribution in [3.8, 4) is 0 Å². The highest BCUT2D eigenvalue weighted by atomic mass is 32.1. The van der Waals surface area contributed by atoms with Crippen LogP contribution in [0.3, 0.4) is 0 Å². The van der Waals surface area contributed by atoms with E-state index in [1.165, 1.54) is 23.3 Å². The van der Waals surface area contributed by atoms with Crippen LogP contribution in [-0.2, 0) is 9.53 Å².